The second kappa shape index (κ2) is 5.80. The number of hydrogen-bond donors (Lipinski definition) is 1. The Balaban J connectivity index is 1.61. The van der Waals surface area contributed by atoms with Crippen LogP contribution < -0.4 is 5.32 Å². The number of carbonyl (C=O) groups is 3. The van der Waals surface area contributed by atoms with Crippen molar-refractivity contribution < 1.29 is 14.4 Å². The van der Waals surface area contributed by atoms with Crippen LogP contribution in [-0.2, 0) is 9.59 Å². The summed E-state index contributed by atoms with van der Waals surface area (Å²) in [6.45, 7) is 3.88. The van der Waals surface area contributed by atoms with Crippen molar-refractivity contribution in [3.05, 3.63) is 0 Å². The van der Waals surface area contributed by atoms with Gasteiger partial charge in [0.25, 0.3) is 5.91 Å². The van der Waals surface area contributed by atoms with Crippen molar-refractivity contribution in [2.75, 3.05) is 13.6 Å². The van der Waals surface area contributed by atoms with Gasteiger partial charge in [-0.15, -0.1) is 0 Å². The zero-order chi connectivity index (χ0) is 16.8. The van der Waals surface area contributed by atoms with Crippen LogP contribution >= 0.6 is 0 Å². The molecule has 0 aromatic rings. The molecular weight excluding hydrogens is 294 g/mol. The molecule has 0 aromatic carbocycles. The zero-order valence-electron chi connectivity index (χ0n) is 14.3. The maximum Gasteiger partial charge on any atom is 0.325 e. The maximum atomic E-state index is 12.6. The molecule has 1 N–H and O–H groups in total. The Morgan fingerprint density at radius 3 is 2.39 bits per heavy atom. The molecule has 0 radical (unpaired) electrons. The van der Waals surface area contributed by atoms with Crippen molar-refractivity contribution in [1.29, 1.82) is 0 Å². The van der Waals surface area contributed by atoms with Gasteiger partial charge in [0.05, 0.1) is 0 Å². The summed E-state index contributed by atoms with van der Waals surface area (Å²) in [5, 5.41) is 2.79. The summed E-state index contributed by atoms with van der Waals surface area (Å²) in [6.07, 6.45) is 6.19. The lowest BCUT2D eigenvalue weighted by atomic mass is 9.87. The van der Waals surface area contributed by atoms with Crippen LogP contribution in [0.25, 0.3) is 0 Å². The Labute approximate surface area is 137 Å². The van der Waals surface area contributed by atoms with Crippen LogP contribution in [0.15, 0.2) is 0 Å². The van der Waals surface area contributed by atoms with Gasteiger partial charge in [-0.2, -0.15) is 0 Å². The second-order valence-electron chi connectivity index (χ2n) is 7.72. The first-order valence-corrected chi connectivity index (χ1v) is 8.72. The van der Waals surface area contributed by atoms with Crippen molar-refractivity contribution in [2.45, 2.75) is 64.0 Å². The van der Waals surface area contributed by atoms with Crippen LogP contribution in [0.2, 0.25) is 0 Å². The number of likely N-dealkylation sites (N-methyl/N-ethyl adjacent to an activating group) is 1. The fourth-order valence-electron chi connectivity index (χ4n) is 3.88. The van der Waals surface area contributed by atoms with Crippen molar-refractivity contribution >= 4 is 17.8 Å². The van der Waals surface area contributed by atoms with Gasteiger partial charge < -0.3 is 10.2 Å². The largest absolute Gasteiger partial charge is 0.341 e. The van der Waals surface area contributed by atoms with Crippen molar-refractivity contribution in [2.24, 2.45) is 11.8 Å². The molecule has 0 spiro atoms. The van der Waals surface area contributed by atoms with E-state index in [1.165, 1.54) is 0 Å². The van der Waals surface area contributed by atoms with Gasteiger partial charge in [0, 0.05) is 13.1 Å². The van der Waals surface area contributed by atoms with E-state index in [1.54, 1.807) is 18.9 Å². The van der Waals surface area contributed by atoms with E-state index in [9.17, 15) is 14.4 Å². The Hall–Kier alpha value is -1.59. The Morgan fingerprint density at radius 1 is 1.22 bits per heavy atom. The third kappa shape index (κ3) is 2.95. The quantitative estimate of drug-likeness (QED) is 0.802. The van der Waals surface area contributed by atoms with Crippen LogP contribution in [0.4, 0.5) is 4.79 Å². The smallest absolute Gasteiger partial charge is 0.325 e. The van der Waals surface area contributed by atoms with Crippen LogP contribution in [-0.4, -0.2) is 52.8 Å². The Morgan fingerprint density at radius 2 is 1.83 bits per heavy atom. The highest BCUT2D eigenvalue weighted by molar-refractivity contribution is 6.09. The lowest BCUT2D eigenvalue weighted by Gasteiger charge is -2.34. The van der Waals surface area contributed by atoms with Crippen LogP contribution in [0.3, 0.4) is 0 Å². The van der Waals surface area contributed by atoms with Gasteiger partial charge in [0.1, 0.15) is 12.1 Å². The number of amides is 4. The molecule has 2 saturated carbocycles. The van der Waals surface area contributed by atoms with Gasteiger partial charge in [0.2, 0.25) is 5.91 Å². The number of rotatable bonds is 4. The third-order valence-corrected chi connectivity index (χ3v) is 5.91. The molecule has 23 heavy (non-hydrogen) atoms. The predicted octanol–water partition coefficient (Wildman–Crippen LogP) is 1.74. The van der Waals surface area contributed by atoms with Gasteiger partial charge in [-0.1, -0.05) is 6.92 Å². The van der Waals surface area contributed by atoms with Gasteiger partial charge in [-0.3, -0.25) is 14.5 Å². The van der Waals surface area contributed by atoms with E-state index in [1.807, 2.05) is 0 Å². The molecule has 2 aliphatic carbocycles. The molecule has 0 bridgehead atoms. The molecule has 3 rings (SSSR count). The van der Waals surface area contributed by atoms with Gasteiger partial charge in [-0.05, 0) is 57.3 Å². The first-order valence-electron chi connectivity index (χ1n) is 8.72. The highest BCUT2D eigenvalue weighted by atomic mass is 16.2. The number of carbonyl (C=O) groups excluding carboxylic acids is 3. The monoisotopic (exact) mass is 321 g/mol. The van der Waals surface area contributed by atoms with Crippen molar-refractivity contribution in [3.8, 4) is 0 Å². The predicted molar refractivity (Wildman–Crippen MR) is 85.6 cm³/mol. The molecule has 128 valence electrons. The molecule has 4 amide bonds. The van der Waals surface area contributed by atoms with Gasteiger partial charge in [0.15, 0.2) is 0 Å². The first kappa shape index (κ1) is 16.3. The van der Waals surface area contributed by atoms with Crippen molar-refractivity contribution in [3.63, 3.8) is 0 Å². The fraction of sp³-hybridized carbons (Fsp3) is 0.824. The molecule has 3 aliphatic rings. The molecule has 1 heterocycles. The SMILES string of the molecule is CC1CCC(N(C)C(=O)CN2C(=O)N[C@](C)(C3CC3)C2=O)CC1. The zero-order valence-corrected chi connectivity index (χ0v) is 14.3. The van der Waals surface area contributed by atoms with Crippen LogP contribution in [0.5, 0.6) is 0 Å². The van der Waals surface area contributed by atoms with Gasteiger partial charge in [-0.25, -0.2) is 4.79 Å². The summed E-state index contributed by atoms with van der Waals surface area (Å²) >= 11 is 0. The van der Waals surface area contributed by atoms with E-state index in [0.717, 1.165) is 49.3 Å². The van der Waals surface area contributed by atoms with E-state index in [-0.39, 0.29) is 30.3 Å². The minimum Gasteiger partial charge on any atom is -0.341 e. The summed E-state index contributed by atoms with van der Waals surface area (Å²) in [5.41, 5.74) is -0.809. The number of imide groups is 1. The molecule has 1 atom stereocenters. The van der Waals surface area contributed by atoms with Gasteiger partial charge >= 0.3 is 6.03 Å². The number of nitrogens with zero attached hydrogens (tertiary/aromatic N) is 2. The summed E-state index contributed by atoms with van der Waals surface area (Å²) in [7, 11) is 1.79. The normalized spacial score (nSPS) is 34.5. The molecule has 1 saturated heterocycles. The van der Waals surface area contributed by atoms with E-state index in [4.69, 9.17) is 0 Å². The van der Waals surface area contributed by atoms with E-state index < -0.39 is 11.6 Å². The standard InChI is InChI=1S/C17H27N3O3/c1-11-4-8-13(9-5-11)19(3)14(21)10-20-15(22)17(2,12-6-7-12)18-16(20)23/h11-13H,4-10H2,1-3H3,(H,18,23)/t11?,13?,17-/m1/s1. The van der Waals surface area contributed by atoms with Crippen LogP contribution in [0.1, 0.15) is 52.4 Å². The summed E-state index contributed by atoms with van der Waals surface area (Å²) in [6, 6.07) is -0.197. The average Bonchev–Trinajstić information content (AvgIpc) is 3.33. The minimum absolute atomic E-state index is 0.143. The highest BCUT2D eigenvalue weighted by Gasteiger charge is 2.56. The minimum atomic E-state index is -0.809. The Bertz CT molecular complexity index is 523. The summed E-state index contributed by atoms with van der Waals surface area (Å²) in [4.78, 5) is 40.1. The molecule has 0 unspecified atom stereocenters. The second-order valence-corrected chi connectivity index (χ2v) is 7.72. The molecule has 3 fully saturated rings. The average molecular weight is 321 g/mol. The summed E-state index contributed by atoms with van der Waals surface area (Å²) in [5.74, 6) is 0.550. The summed E-state index contributed by atoms with van der Waals surface area (Å²) < 4.78 is 0. The maximum absolute atomic E-state index is 12.6. The topological polar surface area (TPSA) is 69.7 Å². The molecule has 1 aliphatic heterocycles. The number of urea groups is 1. The molecule has 6 nitrogen and oxygen atoms in total. The van der Waals surface area contributed by atoms with E-state index in [0.29, 0.717) is 0 Å². The third-order valence-electron chi connectivity index (χ3n) is 5.91. The first-order chi connectivity index (χ1) is 10.8. The number of nitrogens with one attached hydrogen (secondary N) is 1. The molecule has 0 aromatic heterocycles. The van der Waals surface area contributed by atoms with Crippen LogP contribution in [0, 0.1) is 11.8 Å². The lowest BCUT2D eigenvalue weighted by Crippen LogP contribution is -2.48. The fourth-order valence-corrected chi connectivity index (χ4v) is 3.88. The van der Waals surface area contributed by atoms with E-state index in [2.05, 4.69) is 12.2 Å². The highest BCUT2D eigenvalue weighted by Crippen LogP contribution is 2.42. The number of hydrogen-bond acceptors (Lipinski definition) is 3. The Kier molecular flexibility index (Phi) is 4.10. The van der Waals surface area contributed by atoms with E-state index >= 15 is 0 Å². The molecule has 6 heteroatoms. The molecular formula is C17H27N3O3. The van der Waals surface area contributed by atoms with Crippen molar-refractivity contribution in [1.82, 2.24) is 15.1 Å². The lowest BCUT2D eigenvalue weighted by molar-refractivity contribution is -0.139.